The largest absolute Gasteiger partial charge is 0.493 e. The van der Waals surface area contributed by atoms with Gasteiger partial charge >= 0.3 is 0 Å². The zero-order chi connectivity index (χ0) is 17.6. The molecule has 6 nitrogen and oxygen atoms in total. The number of nitrogens with zero attached hydrogens (tertiary/aromatic N) is 2. The number of carbonyl (C=O) groups is 1. The number of ether oxygens (including phenoxy) is 2. The SMILES string of the molecule is CNC1CCN(C(=O)c2ccc(OCc3cscn3)c(OC)c2)CC1.Cl.Cl. The van der Waals surface area contributed by atoms with Crippen LogP contribution in [0.5, 0.6) is 11.5 Å². The van der Waals surface area contributed by atoms with Gasteiger partial charge in [-0.25, -0.2) is 4.98 Å². The summed E-state index contributed by atoms with van der Waals surface area (Å²) >= 11 is 1.53. The molecule has 1 aliphatic heterocycles. The molecule has 1 aromatic heterocycles. The highest BCUT2D eigenvalue weighted by atomic mass is 35.5. The molecule has 1 N–H and O–H groups in total. The van der Waals surface area contributed by atoms with Crippen molar-refractivity contribution in [3.63, 3.8) is 0 Å². The summed E-state index contributed by atoms with van der Waals surface area (Å²) in [6, 6.07) is 5.84. The van der Waals surface area contributed by atoms with E-state index in [1.165, 1.54) is 11.3 Å². The van der Waals surface area contributed by atoms with Crippen LogP contribution in [0.15, 0.2) is 29.1 Å². The van der Waals surface area contributed by atoms with Gasteiger partial charge in [0.2, 0.25) is 0 Å². The molecule has 2 heterocycles. The zero-order valence-electron chi connectivity index (χ0n) is 15.3. The standard InChI is InChI=1S/C18H23N3O3S.2ClH/c1-19-14-5-7-21(8-6-14)18(22)13-3-4-16(17(9-13)23-2)24-10-15-11-25-12-20-15;;/h3-4,9,11-12,14,19H,5-8,10H2,1-2H3;2*1H. The van der Waals surface area contributed by atoms with E-state index in [0.717, 1.165) is 31.6 Å². The lowest BCUT2D eigenvalue weighted by atomic mass is 10.0. The highest BCUT2D eigenvalue weighted by Crippen LogP contribution is 2.29. The molecule has 1 saturated heterocycles. The quantitative estimate of drug-likeness (QED) is 0.755. The molecule has 27 heavy (non-hydrogen) atoms. The molecule has 0 unspecified atom stereocenters. The second-order valence-corrected chi connectivity index (χ2v) is 6.71. The number of carbonyl (C=O) groups excluding carboxylic acids is 1. The van der Waals surface area contributed by atoms with Crippen molar-refractivity contribution in [3.05, 3.63) is 40.3 Å². The first-order valence-corrected chi connectivity index (χ1v) is 9.30. The molecule has 0 aliphatic carbocycles. The molecule has 0 spiro atoms. The fourth-order valence-corrected chi connectivity index (χ4v) is 3.48. The molecule has 1 fully saturated rings. The third-order valence-corrected chi connectivity index (χ3v) is 5.10. The van der Waals surface area contributed by atoms with Crippen LogP contribution in [0.2, 0.25) is 0 Å². The first kappa shape index (κ1) is 23.5. The van der Waals surface area contributed by atoms with Gasteiger partial charge in [0, 0.05) is 30.1 Å². The molecule has 0 radical (unpaired) electrons. The Balaban J connectivity index is 0.00000182. The van der Waals surface area contributed by atoms with E-state index in [9.17, 15) is 4.79 Å². The predicted molar refractivity (Wildman–Crippen MR) is 112 cm³/mol. The fourth-order valence-electron chi connectivity index (χ4n) is 2.93. The molecule has 2 aromatic rings. The van der Waals surface area contributed by atoms with Crippen LogP contribution >= 0.6 is 36.2 Å². The lowest BCUT2D eigenvalue weighted by Crippen LogP contribution is -2.43. The lowest BCUT2D eigenvalue weighted by Gasteiger charge is -2.32. The van der Waals surface area contributed by atoms with E-state index in [1.54, 1.807) is 30.8 Å². The number of methoxy groups -OCH3 is 1. The monoisotopic (exact) mass is 433 g/mol. The first-order valence-electron chi connectivity index (χ1n) is 8.35. The van der Waals surface area contributed by atoms with Gasteiger partial charge in [0.15, 0.2) is 11.5 Å². The van der Waals surface area contributed by atoms with Crippen molar-refractivity contribution in [2.75, 3.05) is 27.2 Å². The summed E-state index contributed by atoms with van der Waals surface area (Å²) in [4.78, 5) is 18.8. The van der Waals surface area contributed by atoms with Gasteiger partial charge in [-0.2, -0.15) is 0 Å². The van der Waals surface area contributed by atoms with Gasteiger partial charge in [0.1, 0.15) is 6.61 Å². The van der Waals surface area contributed by atoms with Crippen molar-refractivity contribution in [1.29, 1.82) is 0 Å². The third-order valence-electron chi connectivity index (χ3n) is 4.46. The Bertz CT molecular complexity index is 708. The smallest absolute Gasteiger partial charge is 0.253 e. The summed E-state index contributed by atoms with van der Waals surface area (Å²) in [7, 11) is 3.55. The molecular weight excluding hydrogens is 409 g/mol. The van der Waals surface area contributed by atoms with Crippen molar-refractivity contribution in [2.24, 2.45) is 0 Å². The average Bonchev–Trinajstić information content (AvgIpc) is 3.19. The van der Waals surface area contributed by atoms with Crippen molar-refractivity contribution in [1.82, 2.24) is 15.2 Å². The van der Waals surface area contributed by atoms with Gasteiger partial charge in [0.05, 0.1) is 18.3 Å². The van der Waals surface area contributed by atoms with E-state index < -0.39 is 0 Å². The van der Waals surface area contributed by atoms with Crippen LogP contribution in [0.3, 0.4) is 0 Å². The summed E-state index contributed by atoms with van der Waals surface area (Å²) in [5, 5.41) is 5.22. The number of hydrogen-bond acceptors (Lipinski definition) is 6. The highest BCUT2D eigenvalue weighted by Gasteiger charge is 2.23. The molecule has 3 rings (SSSR count). The molecule has 150 valence electrons. The van der Waals surface area contributed by atoms with Gasteiger partial charge in [-0.05, 0) is 38.1 Å². The molecular formula is C18H25Cl2N3O3S. The van der Waals surface area contributed by atoms with E-state index in [1.807, 2.05) is 17.3 Å². The van der Waals surface area contributed by atoms with Crippen LogP contribution in [0.1, 0.15) is 28.9 Å². The van der Waals surface area contributed by atoms with Crippen molar-refractivity contribution in [3.8, 4) is 11.5 Å². The van der Waals surface area contributed by atoms with Gasteiger partial charge < -0.3 is 19.7 Å². The van der Waals surface area contributed by atoms with E-state index in [4.69, 9.17) is 9.47 Å². The van der Waals surface area contributed by atoms with E-state index in [-0.39, 0.29) is 30.7 Å². The van der Waals surface area contributed by atoms with Crippen molar-refractivity contribution < 1.29 is 14.3 Å². The minimum absolute atomic E-state index is 0. The van der Waals surface area contributed by atoms with E-state index >= 15 is 0 Å². The molecule has 0 saturated carbocycles. The number of benzene rings is 1. The number of aromatic nitrogens is 1. The Kier molecular flexibility index (Phi) is 9.87. The summed E-state index contributed by atoms with van der Waals surface area (Å²) in [5.41, 5.74) is 3.27. The number of rotatable bonds is 6. The summed E-state index contributed by atoms with van der Waals surface area (Å²) < 4.78 is 11.2. The number of amides is 1. The Morgan fingerprint density at radius 3 is 2.63 bits per heavy atom. The second kappa shape index (κ2) is 11.3. The van der Waals surface area contributed by atoms with Crippen LogP contribution in [0.25, 0.3) is 0 Å². The Labute approximate surface area is 176 Å². The maximum Gasteiger partial charge on any atom is 0.253 e. The van der Waals surface area contributed by atoms with Gasteiger partial charge in [-0.3, -0.25) is 4.79 Å². The normalized spacial score (nSPS) is 14.1. The Morgan fingerprint density at radius 1 is 1.30 bits per heavy atom. The number of thiazole rings is 1. The number of halogens is 2. The summed E-state index contributed by atoms with van der Waals surface area (Å²) in [6.45, 7) is 1.92. The number of hydrogen-bond donors (Lipinski definition) is 1. The maximum absolute atomic E-state index is 12.7. The summed E-state index contributed by atoms with van der Waals surface area (Å²) in [6.07, 6.45) is 1.96. The fraction of sp³-hybridized carbons (Fsp3) is 0.444. The third kappa shape index (κ3) is 5.97. The predicted octanol–water partition coefficient (Wildman–Crippen LogP) is 3.40. The topological polar surface area (TPSA) is 63.7 Å². The minimum Gasteiger partial charge on any atom is -0.493 e. The number of nitrogens with one attached hydrogen (secondary N) is 1. The van der Waals surface area contributed by atoms with Crippen LogP contribution in [-0.2, 0) is 6.61 Å². The summed E-state index contributed by atoms with van der Waals surface area (Å²) in [5.74, 6) is 1.21. The minimum atomic E-state index is 0. The zero-order valence-corrected chi connectivity index (χ0v) is 17.8. The molecule has 1 aliphatic rings. The van der Waals surface area contributed by atoms with Crippen LogP contribution in [-0.4, -0.2) is 49.1 Å². The van der Waals surface area contributed by atoms with E-state index in [2.05, 4.69) is 10.3 Å². The maximum atomic E-state index is 12.7. The Hall–Kier alpha value is -1.54. The Morgan fingerprint density at radius 2 is 2.04 bits per heavy atom. The number of piperidine rings is 1. The van der Waals surface area contributed by atoms with Gasteiger partial charge in [-0.15, -0.1) is 36.2 Å². The second-order valence-electron chi connectivity index (χ2n) is 5.99. The molecule has 1 aromatic carbocycles. The van der Waals surface area contributed by atoms with Crippen molar-refractivity contribution in [2.45, 2.75) is 25.5 Å². The first-order chi connectivity index (χ1) is 12.2. The molecule has 0 atom stereocenters. The van der Waals surface area contributed by atoms with Gasteiger partial charge in [-0.1, -0.05) is 0 Å². The lowest BCUT2D eigenvalue weighted by molar-refractivity contribution is 0.0707. The number of likely N-dealkylation sites (tertiary alicyclic amines) is 1. The molecule has 9 heteroatoms. The molecule has 1 amide bonds. The van der Waals surface area contributed by atoms with Gasteiger partial charge in [0.25, 0.3) is 5.91 Å². The van der Waals surface area contributed by atoms with Crippen LogP contribution < -0.4 is 14.8 Å². The van der Waals surface area contributed by atoms with Crippen molar-refractivity contribution >= 4 is 42.1 Å². The molecule has 0 bridgehead atoms. The highest BCUT2D eigenvalue weighted by molar-refractivity contribution is 7.07. The van der Waals surface area contributed by atoms with Crippen LogP contribution in [0.4, 0.5) is 0 Å². The van der Waals surface area contributed by atoms with E-state index in [0.29, 0.717) is 29.7 Å². The van der Waals surface area contributed by atoms with Crippen LogP contribution in [0, 0.1) is 0 Å². The average molecular weight is 434 g/mol.